The van der Waals surface area contributed by atoms with Crippen molar-refractivity contribution in [2.75, 3.05) is 0 Å². The van der Waals surface area contributed by atoms with E-state index in [1.807, 2.05) is 0 Å². The topological polar surface area (TPSA) is 69.4 Å². The first-order chi connectivity index (χ1) is 8.29. The predicted molar refractivity (Wildman–Crippen MR) is 67.3 cm³/mol. The van der Waals surface area contributed by atoms with Gasteiger partial charge in [-0.25, -0.2) is 4.79 Å². The second kappa shape index (κ2) is 5.44. The van der Waals surface area contributed by atoms with E-state index in [9.17, 15) is 14.9 Å². The molecular formula is C13H15NO4. The molecule has 1 aromatic rings. The van der Waals surface area contributed by atoms with Crippen LogP contribution in [0.2, 0.25) is 0 Å². The van der Waals surface area contributed by atoms with Crippen molar-refractivity contribution < 1.29 is 14.5 Å². The zero-order valence-corrected chi connectivity index (χ0v) is 10.5. The van der Waals surface area contributed by atoms with Crippen LogP contribution in [0, 0.1) is 10.1 Å². The quantitative estimate of drug-likeness (QED) is 0.357. The molecule has 0 aromatic heterocycles. The monoisotopic (exact) mass is 249 g/mol. The lowest BCUT2D eigenvalue weighted by Gasteiger charge is -2.19. The van der Waals surface area contributed by atoms with Gasteiger partial charge in [0, 0.05) is 0 Å². The third-order valence-corrected chi connectivity index (χ3v) is 1.94. The van der Waals surface area contributed by atoms with Crippen LogP contribution in [-0.4, -0.2) is 16.5 Å². The van der Waals surface area contributed by atoms with Crippen molar-refractivity contribution in [3.8, 4) is 0 Å². The minimum Gasteiger partial charge on any atom is -0.456 e. The molecule has 0 aliphatic heterocycles. The van der Waals surface area contributed by atoms with Crippen LogP contribution in [0.15, 0.2) is 36.5 Å². The summed E-state index contributed by atoms with van der Waals surface area (Å²) >= 11 is 0. The summed E-state index contributed by atoms with van der Waals surface area (Å²) in [6.45, 7) is 5.12. The van der Waals surface area contributed by atoms with Crippen LogP contribution in [0.5, 0.6) is 0 Å². The van der Waals surface area contributed by atoms with E-state index in [1.165, 1.54) is 0 Å². The molecule has 0 radical (unpaired) electrons. The molecule has 0 heterocycles. The molecule has 0 unspecified atom stereocenters. The van der Waals surface area contributed by atoms with Crippen LogP contribution in [0.25, 0.3) is 5.57 Å². The standard InChI is InChI=1S/C13H15NO4/c1-13(2,3)18-12(15)11(9-14(16)17)10-7-5-4-6-8-10/h4-9H,1-3H3/b11-9-. The number of carbonyl (C=O) groups excluding carboxylic acids is 1. The highest BCUT2D eigenvalue weighted by molar-refractivity contribution is 6.16. The van der Waals surface area contributed by atoms with Gasteiger partial charge in [-0.1, -0.05) is 30.3 Å². The van der Waals surface area contributed by atoms with Gasteiger partial charge in [-0.15, -0.1) is 0 Å². The summed E-state index contributed by atoms with van der Waals surface area (Å²) in [6.07, 6.45) is 0.670. The van der Waals surface area contributed by atoms with Gasteiger partial charge in [0.25, 0.3) is 0 Å². The second-order valence-corrected chi connectivity index (χ2v) is 4.70. The van der Waals surface area contributed by atoms with E-state index in [2.05, 4.69) is 0 Å². The minimum atomic E-state index is -0.703. The Morgan fingerprint density at radius 1 is 1.28 bits per heavy atom. The number of nitro groups is 1. The Kier molecular flexibility index (Phi) is 4.20. The van der Waals surface area contributed by atoms with E-state index in [0.29, 0.717) is 11.8 Å². The Balaban J connectivity index is 3.09. The number of hydrogen-bond acceptors (Lipinski definition) is 4. The molecule has 1 rings (SSSR count). The summed E-state index contributed by atoms with van der Waals surface area (Å²) in [4.78, 5) is 21.8. The smallest absolute Gasteiger partial charge is 0.345 e. The lowest BCUT2D eigenvalue weighted by Crippen LogP contribution is -2.24. The van der Waals surface area contributed by atoms with E-state index >= 15 is 0 Å². The molecule has 0 bridgehead atoms. The number of benzene rings is 1. The van der Waals surface area contributed by atoms with Crippen molar-refractivity contribution in [1.29, 1.82) is 0 Å². The highest BCUT2D eigenvalue weighted by Gasteiger charge is 2.23. The van der Waals surface area contributed by atoms with Gasteiger partial charge in [0.15, 0.2) is 0 Å². The largest absolute Gasteiger partial charge is 0.456 e. The molecule has 0 aliphatic rings. The fraction of sp³-hybridized carbons (Fsp3) is 0.308. The van der Waals surface area contributed by atoms with Crippen LogP contribution in [0.1, 0.15) is 26.3 Å². The second-order valence-electron chi connectivity index (χ2n) is 4.70. The van der Waals surface area contributed by atoms with Gasteiger partial charge in [-0.3, -0.25) is 10.1 Å². The van der Waals surface area contributed by atoms with Crippen LogP contribution in [0.3, 0.4) is 0 Å². The lowest BCUT2D eigenvalue weighted by atomic mass is 10.1. The molecular weight excluding hydrogens is 234 g/mol. The third kappa shape index (κ3) is 4.37. The maximum absolute atomic E-state index is 11.9. The van der Waals surface area contributed by atoms with Crippen LogP contribution in [0.4, 0.5) is 0 Å². The van der Waals surface area contributed by atoms with Gasteiger partial charge in [0.1, 0.15) is 11.2 Å². The van der Waals surface area contributed by atoms with Crippen molar-refractivity contribution in [2.45, 2.75) is 26.4 Å². The van der Waals surface area contributed by atoms with Crippen LogP contribution in [-0.2, 0) is 9.53 Å². The van der Waals surface area contributed by atoms with Crippen molar-refractivity contribution in [3.63, 3.8) is 0 Å². The number of rotatable bonds is 3. The molecule has 0 spiro atoms. The molecule has 0 saturated carbocycles. The molecule has 5 nitrogen and oxygen atoms in total. The van der Waals surface area contributed by atoms with Gasteiger partial charge in [-0.05, 0) is 26.3 Å². The number of carbonyl (C=O) groups is 1. The summed E-state index contributed by atoms with van der Waals surface area (Å²) in [5.74, 6) is -0.703. The summed E-state index contributed by atoms with van der Waals surface area (Å²) < 4.78 is 5.14. The molecule has 0 saturated heterocycles. The van der Waals surface area contributed by atoms with Crippen LogP contribution < -0.4 is 0 Å². The highest BCUT2D eigenvalue weighted by Crippen LogP contribution is 2.19. The van der Waals surface area contributed by atoms with Gasteiger partial charge in [0.2, 0.25) is 6.20 Å². The highest BCUT2D eigenvalue weighted by atomic mass is 16.6. The van der Waals surface area contributed by atoms with Crippen molar-refractivity contribution >= 4 is 11.5 Å². The number of esters is 1. The SMILES string of the molecule is CC(C)(C)OC(=O)/C(=C\[N+](=O)[O-])c1ccccc1. The lowest BCUT2D eigenvalue weighted by molar-refractivity contribution is -0.401. The van der Waals surface area contributed by atoms with E-state index in [0.717, 1.165) is 0 Å². The fourth-order valence-corrected chi connectivity index (χ4v) is 1.30. The molecule has 0 atom stereocenters. The Morgan fingerprint density at radius 3 is 2.28 bits per heavy atom. The van der Waals surface area contributed by atoms with E-state index in [-0.39, 0.29) is 5.57 Å². The zero-order chi connectivity index (χ0) is 13.8. The van der Waals surface area contributed by atoms with E-state index in [1.54, 1.807) is 51.1 Å². The van der Waals surface area contributed by atoms with E-state index < -0.39 is 16.5 Å². The predicted octanol–water partition coefficient (Wildman–Crippen LogP) is 2.65. The van der Waals surface area contributed by atoms with Gasteiger partial charge >= 0.3 is 5.97 Å². The average Bonchev–Trinajstić information content (AvgIpc) is 2.24. The Bertz CT molecular complexity index is 472. The van der Waals surface area contributed by atoms with Crippen molar-refractivity contribution in [1.82, 2.24) is 0 Å². The molecule has 96 valence electrons. The van der Waals surface area contributed by atoms with Gasteiger partial charge < -0.3 is 4.74 Å². The summed E-state index contributed by atoms with van der Waals surface area (Å²) in [7, 11) is 0. The van der Waals surface area contributed by atoms with E-state index in [4.69, 9.17) is 4.74 Å². The number of hydrogen-bond donors (Lipinski definition) is 0. The first-order valence-corrected chi connectivity index (χ1v) is 5.44. The maximum Gasteiger partial charge on any atom is 0.345 e. The zero-order valence-electron chi connectivity index (χ0n) is 10.5. The first-order valence-electron chi connectivity index (χ1n) is 5.44. The van der Waals surface area contributed by atoms with Crippen molar-refractivity contribution in [3.05, 3.63) is 52.2 Å². The molecule has 0 amide bonds. The average molecular weight is 249 g/mol. The van der Waals surface area contributed by atoms with Crippen molar-refractivity contribution in [2.24, 2.45) is 0 Å². The summed E-state index contributed by atoms with van der Waals surface area (Å²) in [5, 5.41) is 10.6. The normalized spacial score (nSPS) is 12.1. The minimum absolute atomic E-state index is 0.0597. The fourth-order valence-electron chi connectivity index (χ4n) is 1.30. The first kappa shape index (κ1) is 13.9. The molecule has 18 heavy (non-hydrogen) atoms. The molecule has 1 aromatic carbocycles. The van der Waals surface area contributed by atoms with Gasteiger partial charge in [-0.2, -0.15) is 0 Å². The van der Waals surface area contributed by atoms with Gasteiger partial charge in [0.05, 0.1) is 4.92 Å². The van der Waals surface area contributed by atoms with Crippen LogP contribution >= 0.6 is 0 Å². The maximum atomic E-state index is 11.9. The molecule has 0 N–H and O–H groups in total. The Hall–Kier alpha value is -2.17. The Labute approximate surface area is 105 Å². The number of ether oxygens (including phenoxy) is 1. The number of nitrogens with zero attached hydrogens (tertiary/aromatic N) is 1. The molecule has 5 heteroatoms. The summed E-state index contributed by atoms with van der Waals surface area (Å²) in [5.41, 5.74) is -0.291. The third-order valence-electron chi connectivity index (χ3n) is 1.94. The molecule has 0 aliphatic carbocycles. The Morgan fingerprint density at radius 2 is 1.83 bits per heavy atom. The summed E-state index contributed by atoms with van der Waals surface area (Å²) in [6, 6.07) is 8.42. The molecule has 0 fully saturated rings.